The van der Waals surface area contributed by atoms with Crippen LogP contribution >= 0.6 is 0 Å². The summed E-state index contributed by atoms with van der Waals surface area (Å²) in [5.41, 5.74) is -1.41. The molecule has 17 heavy (non-hydrogen) atoms. The molecule has 0 saturated heterocycles. The molecule has 4 saturated carbocycles. The Morgan fingerprint density at radius 1 is 1.24 bits per heavy atom. The summed E-state index contributed by atoms with van der Waals surface area (Å²) in [7, 11) is 0. The quantitative estimate of drug-likeness (QED) is 0.797. The van der Waals surface area contributed by atoms with Crippen molar-refractivity contribution in [3.05, 3.63) is 0 Å². The first-order valence-electron chi connectivity index (χ1n) is 6.64. The van der Waals surface area contributed by atoms with Gasteiger partial charge in [-0.2, -0.15) is 5.26 Å². The molecule has 1 N–H and O–H groups in total. The van der Waals surface area contributed by atoms with E-state index in [-0.39, 0.29) is 5.41 Å². The maximum Gasteiger partial charge on any atom is 0.324 e. The van der Waals surface area contributed by atoms with Gasteiger partial charge in [0.1, 0.15) is 0 Å². The van der Waals surface area contributed by atoms with Gasteiger partial charge in [0.2, 0.25) is 0 Å². The van der Waals surface area contributed by atoms with Gasteiger partial charge < -0.3 is 5.11 Å². The van der Waals surface area contributed by atoms with Crippen molar-refractivity contribution in [2.24, 2.45) is 28.6 Å². The van der Waals surface area contributed by atoms with E-state index >= 15 is 0 Å². The van der Waals surface area contributed by atoms with Crippen LogP contribution in [-0.2, 0) is 4.79 Å². The summed E-state index contributed by atoms with van der Waals surface area (Å²) in [4.78, 5) is 11.5. The maximum atomic E-state index is 11.5. The molecule has 4 bridgehead atoms. The van der Waals surface area contributed by atoms with E-state index in [0.717, 1.165) is 19.3 Å². The molecule has 1 unspecified atom stereocenters. The van der Waals surface area contributed by atoms with Crippen LogP contribution in [0.2, 0.25) is 0 Å². The Labute approximate surface area is 102 Å². The maximum absolute atomic E-state index is 11.5. The molecule has 0 aromatic carbocycles. The molecule has 0 aliphatic heterocycles. The Kier molecular flexibility index (Phi) is 2.12. The van der Waals surface area contributed by atoms with Crippen LogP contribution in [-0.4, -0.2) is 11.1 Å². The average Bonchev–Trinajstić information content (AvgIpc) is 2.25. The minimum Gasteiger partial charge on any atom is -0.480 e. The van der Waals surface area contributed by atoms with Gasteiger partial charge in [0.25, 0.3) is 0 Å². The summed E-state index contributed by atoms with van der Waals surface area (Å²) in [6.45, 7) is 1.66. The van der Waals surface area contributed by atoms with Gasteiger partial charge in [-0.25, -0.2) is 0 Å². The van der Waals surface area contributed by atoms with Gasteiger partial charge in [-0.1, -0.05) is 0 Å². The molecule has 3 nitrogen and oxygen atoms in total. The SMILES string of the molecule is CC(C#N)(C(=O)O)C12CC3CC(CC(C3)C1)C2. The van der Waals surface area contributed by atoms with Crippen LogP contribution in [0.5, 0.6) is 0 Å². The number of rotatable bonds is 2. The van der Waals surface area contributed by atoms with Gasteiger partial charge in [0.15, 0.2) is 5.41 Å². The van der Waals surface area contributed by atoms with Crippen LogP contribution in [0.4, 0.5) is 0 Å². The first kappa shape index (κ1) is 11.1. The van der Waals surface area contributed by atoms with Crippen molar-refractivity contribution >= 4 is 5.97 Å². The summed E-state index contributed by atoms with van der Waals surface area (Å²) >= 11 is 0. The smallest absolute Gasteiger partial charge is 0.324 e. The number of nitrogens with zero attached hydrogens (tertiary/aromatic N) is 1. The molecular weight excluding hydrogens is 214 g/mol. The highest BCUT2D eigenvalue weighted by Crippen LogP contribution is 2.65. The Bertz CT molecular complexity index is 374. The van der Waals surface area contributed by atoms with E-state index < -0.39 is 11.4 Å². The second kappa shape index (κ2) is 3.25. The molecule has 3 heteroatoms. The third-order valence-corrected chi connectivity index (χ3v) is 5.75. The number of carboxylic acid groups (broad SMARTS) is 1. The first-order chi connectivity index (χ1) is 7.99. The third-order valence-electron chi connectivity index (χ3n) is 5.75. The number of hydrogen-bond acceptors (Lipinski definition) is 2. The number of aliphatic carboxylic acids is 1. The van der Waals surface area contributed by atoms with Crippen molar-refractivity contribution in [1.29, 1.82) is 5.26 Å². The van der Waals surface area contributed by atoms with E-state index in [1.54, 1.807) is 6.92 Å². The van der Waals surface area contributed by atoms with Crippen molar-refractivity contribution < 1.29 is 9.90 Å². The largest absolute Gasteiger partial charge is 0.480 e. The minimum absolute atomic E-state index is 0.234. The highest BCUT2D eigenvalue weighted by molar-refractivity contribution is 5.79. The van der Waals surface area contributed by atoms with Crippen molar-refractivity contribution in [3.8, 4) is 6.07 Å². The number of hydrogen-bond donors (Lipinski definition) is 1. The van der Waals surface area contributed by atoms with E-state index in [4.69, 9.17) is 0 Å². The Balaban J connectivity index is 2.02. The fourth-order valence-electron chi connectivity index (χ4n) is 5.12. The van der Waals surface area contributed by atoms with Crippen LogP contribution < -0.4 is 0 Å². The highest BCUT2D eigenvalue weighted by Gasteiger charge is 2.62. The topological polar surface area (TPSA) is 61.1 Å². The van der Waals surface area contributed by atoms with Gasteiger partial charge in [-0.3, -0.25) is 4.79 Å². The van der Waals surface area contributed by atoms with Crippen LogP contribution in [0.25, 0.3) is 0 Å². The molecule has 4 aliphatic rings. The molecule has 0 aromatic heterocycles. The lowest BCUT2D eigenvalue weighted by Crippen LogP contribution is -2.55. The van der Waals surface area contributed by atoms with Gasteiger partial charge in [0, 0.05) is 5.41 Å². The third kappa shape index (κ3) is 1.30. The molecule has 92 valence electrons. The zero-order chi connectivity index (χ0) is 12.3. The van der Waals surface area contributed by atoms with Crippen LogP contribution in [0.3, 0.4) is 0 Å². The summed E-state index contributed by atoms with van der Waals surface area (Å²) < 4.78 is 0. The van der Waals surface area contributed by atoms with E-state index in [9.17, 15) is 15.2 Å². The number of nitriles is 1. The average molecular weight is 233 g/mol. The van der Waals surface area contributed by atoms with E-state index in [2.05, 4.69) is 6.07 Å². The van der Waals surface area contributed by atoms with Crippen LogP contribution in [0.1, 0.15) is 45.4 Å². The molecule has 0 spiro atoms. The van der Waals surface area contributed by atoms with Crippen molar-refractivity contribution in [2.75, 3.05) is 0 Å². The number of carbonyl (C=O) groups is 1. The zero-order valence-corrected chi connectivity index (χ0v) is 10.3. The van der Waals surface area contributed by atoms with E-state index in [1.807, 2.05) is 0 Å². The molecule has 4 aliphatic carbocycles. The zero-order valence-electron chi connectivity index (χ0n) is 10.3. The van der Waals surface area contributed by atoms with Gasteiger partial charge in [0.05, 0.1) is 6.07 Å². The monoisotopic (exact) mass is 233 g/mol. The van der Waals surface area contributed by atoms with Crippen molar-refractivity contribution in [3.63, 3.8) is 0 Å². The first-order valence-corrected chi connectivity index (χ1v) is 6.64. The fraction of sp³-hybridized carbons (Fsp3) is 0.857. The van der Waals surface area contributed by atoms with Crippen LogP contribution in [0, 0.1) is 39.9 Å². The summed E-state index contributed by atoms with van der Waals surface area (Å²) in [6.07, 6.45) is 6.74. The number of carboxylic acids is 1. The molecule has 0 radical (unpaired) electrons. The molecule has 0 aromatic rings. The van der Waals surface area contributed by atoms with Gasteiger partial charge >= 0.3 is 5.97 Å². The Morgan fingerprint density at radius 3 is 1.94 bits per heavy atom. The summed E-state index contributed by atoms with van der Waals surface area (Å²) in [6, 6.07) is 2.14. The van der Waals surface area contributed by atoms with Crippen molar-refractivity contribution in [1.82, 2.24) is 0 Å². The molecule has 1 atom stereocenters. The lowest BCUT2D eigenvalue weighted by Gasteiger charge is -2.60. The van der Waals surface area contributed by atoms with E-state index in [0.29, 0.717) is 17.8 Å². The second-order valence-electron chi connectivity index (χ2n) is 6.74. The predicted molar refractivity (Wildman–Crippen MR) is 62.0 cm³/mol. The molecule has 4 rings (SSSR count). The van der Waals surface area contributed by atoms with Gasteiger partial charge in [-0.05, 0) is 63.2 Å². The molecule has 0 amide bonds. The lowest BCUT2D eigenvalue weighted by atomic mass is 9.43. The molecule has 4 fully saturated rings. The Hall–Kier alpha value is -1.04. The summed E-state index contributed by atoms with van der Waals surface area (Å²) in [5.74, 6) is 1.15. The van der Waals surface area contributed by atoms with Crippen molar-refractivity contribution in [2.45, 2.75) is 45.4 Å². The molecule has 0 heterocycles. The van der Waals surface area contributed by atoms with Gasteiger partial charge in [-0.15, -0.1) is 0 Å². The lowest BCUT2D eigenvalue weighted by molar-refractivity contribution is -0.166. The Morgan fingerprint density at radius 2 is 1.65 bits per heavy atom. The summed E-state index contributed by atoms with van der Waals surface area (Å²) in [5, 5.41) is 18.9. The fourth-order valence-corrected chi connectivity index (χ4v) is 5.12. The minimum atomic E-state index is -1.18. The van der Waals surface area contributed by atoms with Crippen LogP contribution in [0.15, 0.2) is 0 Å². The normalized spacial score (nSPS) is 46.2. The highest BCUT2D eigenvalue weighted by atomic mass is 16.4. The predicted octanol–water partition coefficient (Wildman–Crippen LogP) is 2.82. The second-order valence-corrected chi connectivity index (χ2v) is 6.74. The van der Waals surface area contributed by atoms with E-state index in [1.165, 1.54) is 19.3 Å². The standard InChI is InChI=1S/C14H19NO2/c1-13(8-15,12(16)17)14-5-9-2-10(6-14)4-11(3-9)7-14/h9-11H,2-7H2,1H3,(H,16,17). The molecular formula is C14H19NO2.